The van der Waals surface area contributed by atoms with Crippen LogP contribution in [0, 0.1) is 17.2 Å². The van der Waals surface area contributed by atoms with E-state index < -0.39 is 17.9 Å². The van der Waals surface area contributed by atoms with Crippen LogP contribution in [0.1, 0.15) is 6.92 Å². The third-order valence-corrected chi connectivity index (χ3v) is 3.86. The van der Waals surface area contributed by atoms with Gasteiger partial charge in [0.2, 0.25) is 5.91 Å². The summed E-state index contributed by atoms with van der Waals surface area (Å²) in [5, 5.41) is 21.3. The van der Waals surface area contributed by atoms with Crippen LogP contribution in [0.5, 0.6) is 5.75 Å². The number of nitriles is 1. The molecular weight excluding hydrogens is 328 g/mol. The molecule has 0 aliphatic rings. The molecule has 0 aliphatic heterocycles. The maximum Gasteiger partial charge on any atom is 0.244 e. The van der Waals surface area contributed by atoms with Gasteiger partial charge in [0.25, 0.3) is 0 Å². The highest BCUT2D eigenvalue weighted by molar-refractivity contribution is 6.34. The molecular formula is C18H17ClN2O3. The average molecular weight is 345 g/mol. The number of halogens is 1. The van der Waals surface area contributed by atoms with Crippen molar-refractivity contribution >= 4 is 23.2 Å². The summed E-state index contributed by atoms with van der Waals surface area (Å²) in [6.07, 6.45) is -1.07. The molecule has 2 unspecified atom stereocenters. The van der Waals surface area contributed by atoms with Gasteiger partial charge in [-0.1, -0.05) is 35.9 Å². The molecule has 6 heteroatoms. The van der Waals surface area contributed by atoms with E-state index in [4.69, 9.17) is 21.6 Å². The fourth-order valence-electron chi connectivity index (χ4n) is 2.26. The lowest BCUT2D eigenvalue weighted by Crippen LogP contribution is -2.30. The van der Waals surface area contributed by atoms with Crippen molar-refractivity contribution in [1.29, 1.82) is 5.26 Å². The highest BCUT2D eigenvalue weighted by Crippen LogP contribution is 2.34. The Kier molecular flexibility index (Phi) is 5.80. The summed E-state index contributed by atoms with van der Waals surface area (Å²) in [5.74, 6) is -1.04. The number of ether oxygens (including phenoxy) is 1. The molecule has 1 amide bonds. The van der Waals surface area contributed by atoms with E-state index in [-0.39, 0.29) is 0 Å². The van der Waals surface area contributed by atoms with Crippen LogP contribution < -0.4 is 10.1 Å². The summed E-state index contributed by atoms with van der Waals surface area (Å²) in [5.41, 5.74) is 2.09. The van der Waals surface area contributed by atoms with Crippen molar-refractivity contribution in [3.05, 3.63) is 47.5 Å². The van der Waals surface area contributed by atoms with Crippen LogP contribution in [-0.4, -0.2) is 24.2 Å². The summed E-state index contributed by atoms with van der Waals surface area (Å²) in [7, 11) is 1.59. The van der Waals surface area contributed by atoms with Crippen LogP contribution >= 0.6 is 11.6 Å². The summed E-state index contributed by atoms with van der Waals surface area (Å²) in [6.45, 7) is 1.39. The minimum atomic E-state index is -1.16. The van der Waals surface area contributed by atoms with E-state index in [1.54, 1.807) is 31.4 Å². The second-order valence-corrected chi connectivity index (χ2v) is 5.64. The van der Waals surface area contributed by atoms with Gasteiger partial charge in [-0.15, -0.1) is 0 Å². The van der Waals surface area contributed by atoms with Gasteiger partial charge in [0.05, 0.1) is 30.0 Å². The van der Waals surface area contributed by atoms with E-state index >= 15 is 0 Å². The minimum absolute atomic E-state index is 0.328. The number of rotatable bonds is 5. The second kappa shape index (κ2) is 7.82. The Morgan fingerprint density at radius 1 is 1.33 bits per heavy atom. The number of benzene rings is 2. The van der Waals surface area contributed by atoms with Crippen LogP contribution in [-0.2, 0) is 4.79 Å². The molecule has 0 radical (unpaired) electrons. The molecule has 5 nitrogen and oxygen atoms in total. The van der Waals surface area contributed by atoms with Gasteiger partial charge < -0.3 is 15.2 Å². The van der Waals surface area contributed by atoms with E-state index in [9.17, 15) is 9.90 Å². The molecule has 0 aliphatic carbocycles. The Morgan fingerprint density at radius 2 is 2.04 bits per heavy atom. The van der Waals surface area contributed by atoms with Crippen molar-refractivity contribution in [2.45, 2.75) is 13.0 Å². The number of para-hydroxylation sites is 1. The molecule has 0 heterocycles. The lowest BCUT2D eigenvalue weighted by Gasteiger charge is -2.14. The van der Waals surface area contributed by atoms with E-state index in [0.29, 0.717) is 16.5 Å². The number of amides is 1. The molecule has 124 valence electrons. The Labute approximate surface area is 145 Å². The first-order valence-electron chi connectivity index (χ1n) is 7.29. The molecule has 0 saturated heterocycles. The molecule has 0 saturated carbocycles. The molecule has 24 heavy (non-hydrogen) atoms. The Morgan fingerprint density at radius 3 is 2.62 bits per heavy atom. The molecule has 2 aromatic carbocycles. The topological polar surface area (TPSA) is 82.3 Å². The second-order valence-electron chi connectivity index (χ2n) is 5.23. The summed E-state index contributed by atoms with van der Waals surface area (Å²) < 4.78 is 5.33. The zero-order chi connectivity index (χ0) is 17.7. The molecule has 2 atom stereocenters. The van der Waals surface area contributed by atoms with Crippen LogP contribution in [0.25, 0.3) is 11.1 Å². The number of nitrogens with one attached hydrogen (secondary N) is 1. The van der Waals surface area contributed by atoms with Crippen LogP contribution in [0.4, 0.5) is 5.69 Å². The molecule has 2 rings (SSSR count). The number of methoxy groups -OCH3 is 1. The molecule has 2 aromatic rings. The number of aliphatic hydroxyl groups is 1. The van der Waals surface area contributed by atoms with Gasteiger partial charge in [0.1, 0.15) is 5.75 Å². The maximum absolute atomic E-state index is 12.0. The summed E-state index contributed by atoms with van der Waals surface area (Å²) in [6, 6.07) is 14.4. The lowest BCUT2D eigenvalue weighted by atomic mass is 10.0. The standard InChI is InChI=1S/C18H17ClN2O3/c1-11(22)14(10-20)18(23)21-16-8-7-12(9-15(16)19)13-5-3-4-6-17(13)24-2/h3-9,11,14,22H,1-2H3,(H,21,23). The fourth-order valence-corrected chi connectivity index (χ4v) is 2.49. The van der Waals surface area contributed by atoms with Crippen molar-refractivity contribution in [3.63, 3.8) is 0 Å². The van der Waals surface area contributed by atoms with E-state index in [2.05, 4.69) is 5.32 Å². The van der Waals surface area contributed by atoms with Crippen LogP contribution in [0.3, 0.4) is 0 Å². The van der Waals surface area contributed by atoms with Crippen molar-refractivity contribution in [2.24, 2.45) is 5.92 Å². The van der Waals surface area contributed by atoms with Gasteiger partial charge in [-0.25, -0.2) is 0 Å². The molecule has 0 spiro atoms. The third-order valence-electron chi connectivity index (χ3n) is 3.55. The summed E-state index contributed by atoms with van der Waals surface area (Å²) >= 11 is 6.25. The third kappa shape index (κ3) is 3.85. The van der Waals surface area contributed by atoms with Gasteiger partial charge in [-0.3, -0.25) is 4.79 Å². The first kappa shape index (κ1) is 17.8. The minimum Gasteiger partial charge on any atom is -0.496 e. The lowest BCUT2D eigenvalue weighted by molar-refractivity contribution is -0.120. The molecule has 0 aromatic heterocycles. The van der Waals surface area contributed by atoms with Crippen molar-refractivity contribution < 1.29 is 14.6 Å². The number of anilines is 1. The first-order valence-corrected chi connectivity index (χ1v) is 7.67. The number of carbonyl (C=O) groups excluding carboxylic acids is 1. The highest BCUT2D eigenvalue weighted by Gasteiger charge is 2.24. The number of nitrogens with zero attached hydrogens (tertiary/aromatic N) is 1. The van der Waals surface area contributed by atoms with Crippen molar-refractivity contribution in [2.75, 3.05) is 12.4 Å². The monoisotopic (exact) mass is 344 g/mol. The smallest absolute Gasteiger partial charge is 0.244 e. The van der Waals surface area contributed by atoms with Crippen molar-refractivity contribution in [1.82, 2.24) is 0 Å². The van der Waals surface area contributed by atoms with Gasteiger partial charge in [-0.05, 0) is 30.7 Å². The zero-order valence-electron chi connectivity index (χ0n) is 13.3. The number of hydrogen-bond donors (Lipinski definition) is 2. The van der Waals surface area contributed by atoms with E-state index in [0.717, 1.165) is 11.1 Å². The van der Waals surface area contributed by atoms with E-state index in [1.165, 1.54) is 6.92 Å². The highest BCUT2D eigenvalue weighted by atomic mass is 35.5. The predicted octanol–water partition coefficient (Wildman–Crippen LogP) is 3.47. The van der Waals surface area contributed by atoms with Gasteiger partial charge in [0.15, 0.2) is 5.92 Å². The number of aliphatic hydroxyl groups excluding tert-OH is 1. The SMILES string of the molecule is COc1ccccc1-c1ccc(NC(=O)C(C#N)C(C)O)c(Cl)c1. The summed E-state index contributed by atoms with van der Waals surface area (Å²) in [4.78, 5) is 12.0. The molecule has 0 bridgehead atoms. The largest absolute Gasteiger partial charge is 0.496 e. The number of carbonyl (C=O) groups is 1. The average Bonchev–Trinajstić information content (AvgIpc) is 2.57. The fraction of sp³-hybridized carbons (Fsp3) is 0.222. The number of hydrogen-bond acceptors (Lipinski definition) is 4. The maximum atomic E-state index is 12.0. The zero-order valence-corrected chi connectivity index (χ0v) is 14.0. The Bertz CT molecular complexity index is 784. The Hall–Kier alpha value is -2.55. The normalized spacial score (nSPS) is 12.8. The predicted molar refractivity (Wildman–Crippen MR) is 92.9 cm³/mol. The van der Waals surface area contributed by atoms with Gasteiger partial charge in [-0.2, -0.15) is 5.26 Å². The molecule has 0 fully saturated rings. The van der Waals surface area contributed by atoms with Gasteiger partial charge in [0, 0.05) is 5.56 Å². The molecule has 2 N–H and O–H groups in total. The Balaban J connectivity index is 2.28. The van der Waals surface area contributed by atoms with Crippen LogP contribution in [0.15, 0.2) is 42.5 Å². The van der Waals surface area contributed by atoms with E-state index in [1.807, 2.05) is 24.3 Å². The van der Waals surface area contributed by atoms with Gasteiger partial charge >= 0.3 is 0 Å². The van der Waals surface area contributed by atoms with Crippen molar-refractivity contribution in [3.8, 4) is 22.9 Å². The first-order chi connectivity index (χ1) is 11.5. The van der Waals surface area contributed by atoms with Crippen LogP contribution in [0.2, 0.25) is 5.02 Å². The quantitative estimate of drug-likeness (QED) is 0.870.